The van der Waals surface area contributed by atoms with Gasteiger partial charge >= 0.3 is 0 Å². The Bertz CT molecular complexity index is 564. The van der Waals surface area contributed by atoms with Gasteiger partial charge in [0.1, 0.15) is 0 Å². The number of pyridine rings is 1. The van der Waals surface area contributed by atoms with Gasteiger partial charge in [0.15, 0.2) is 0 Å². The number of aromatic nitrogens is 1. The van der Waals surface area contributed by atoms with Gasteiger partial charge in [0.25, 0.3) is 0 Å². The number of hydrogen-bond acceptors (Lipinski definition) is 3. The van der Waals surface area contributed by atoms with Gasteiger partial charge in [-0.05, 0) is 30.0 Å². The van der Waals surface area contributed by atoms with Gasteiger partial charge in [-0.3, -0.25) is 0 Å². The average molecular weight is 284 g/mol. The Morgan fingerprint density at radius 2 is 1.71 bits per heavy atom. The lowest BCUT2D eigenvalue weighted by Crippen LogP contribution is -2.18. The van der Waals surface area contributed by atoms with E-state index < -0.39 is 0 Å². The van der Waals surface area contributed by atoms with E-state index >= 15 is 0 Å². The van der Waals surface area contributed by atoms with Crippen LogP contribution >= 0.6 is 0 Å². The Balaban J connectivity index is 1.99. The van der Waals surface area contributed by atoms with Gasteiger partial charge in [-0.25, -0.2) is 4.98 Å². The van der Waals surface area contributed by atoms with Crippen molar-refractivity contribution >= 4 is 0 Å². The van der Waals surface area contributed by atoms with Gasteiger partial charge in [-0.15, -0.1) is 0 Å². The van der Waals surface area contributed by atoms with Crippen molar-refractivity contribution in [1.82, 2.24) is 10.3 Å². The Morgan fingerprint density at radius 1 is 1.05 bits per heavy atom. The van der Waals surface area contributed by atoms with Gasteiger partial charge in [0, 0.05) is 24.3 Å². The molecule has 0 aliphatic carbocycles. The molecule has 1 aromatic heterocycles. The second-order valence-electron chi connectivity index (χ2n) is 5.60. The van der Waals surface area contributed by atoms with Crippen molar-refractivity contribution in [2.45, 2.75) is 39.3 Å². The van der Waals surface area contributed by atoms with E-state index in [1.807, 2.05) is 12.1 Å². The summed E-state index contributed by atoms with van der Waals surface area (Å²) in [5.74, 6) is 1.26. The van der Waals surface area contributed by atoms with E-state index in [1.54, 1.807) is 13.3 Å². The number of nitrogens with one attached hydrogen (secondary N) is 1. The number of hydrogen-bond donors (Lipinski definition) is 1. The maximum Gasteiger partial charge on any atom is 0.217 e. The minimum atomic E-state index is 0.288. The van der Waals surface area contributed by atoms with E-state index in [1.165, 1.54) is 11.1 Å². The number of nitrogens with zero attached hydrogens (tertiary/aromatic N) is 1. The molecule has 0 fully saturated rings. The molecular weight excluding hydrogens is 260 g/mol. The summed E-state index contributed by atoms with van der Waals surface area (Å²) in [6.45, 7) is 7.34. The fraction of sp³-hybridized carbons (Fsp3) is 0.389. The van der Waals surface area contributed by atoms with Crippen LogP contribution in [-0.2, 0) is 6.54 Å². The number of rotatable bonds is 6. The summed E-state index contributed by atoms with van der Waals surface area (Å²) in [4.78, 5) is 4.22. The van der Waals surface area contributed by atoms with E-state index in [9.17, 15) is 0 Å². The zero-order valence-corrected chi connectivity index (χ0v) is 13.3. The third kappa shape index (κ3) is 4.05. The van der Waals surface area contributed by atoms with Crippen LogP contribution in [0.2, 0.25) is 0 Å². The highest BCUT2D eigenvalue weighted by Crippen LogP contribution is 2.20. The first-order valence-corrected chi connectivity index (χ1v) is 7.43. The van der Waals surface area contributed by atoms with Crippen LogP contribution in [0.5, 0.6) is 5.88 Å². The standard InChI is InChI=1S/C18H24N2O/c1-13(2)15-7-9-16(10-8-15)14(3)20-12-17-6-5-11-19-18(17)21-4/h5-11,13-14,20H,12H2,1-4H3. The van der Waals surface area contributed by atoms with Crippen molar-refractivity contribution in [1.29, 1.82) is 0 Å². The molecule has 0 bridgehead atoms. The van der Waals surface area contributed by atoms with Crippen LogP contribution < -0.4 is 10.1 Å². The summed E-state index contributed by atoms with van der Waals surface area (Å²) in [6, 6.07) is 13.1. The lowest BCUT2D eigenvalue weighted by Gasteiger charge is -2.16. The molecule has 1 unspecified atom stereocenters. The quantitative estimate of drug-likeness (QED) is 0.868. The van der Waals surface area contributed by atoms with E-state index in [-0.39, 0.29) is 6.04 Å². The second kappa shape index (κ2) is 7.23. The molecule has 0 radical (unpaired) electrons. The third-order valence-electron chi connectivity index (χ3n) is 3.75. The van der Waals surface area contributed by atoms with Gasteiger partial charge in [-0.2, -0.15) is 0 Å². The molecule has 1 atom stereocenters. The second-order valence-corrected chi connectivity index (χ2v) is 5.60. The van der Waals surface area contributed by atoms with E-state index in [0.717, 1.165) is 12.1 Å². The number of methoxy groups -OCH3 is 1. The van der Waals surface area contributed by atoms with Crippen molar-refractivity contribution in [3.63, 3.8) is 0 Å². The zero-order chi connectivity index (χ0) is 15.2. The van der Waals surface area contributed by atoms with Crippen molar-refractivity contribution in [3.05, 3.63) is 59.3 Å². The topological polar surface area (TPSA) is 34.1 Å². The van der Waals surface area contributed by atoms with E-state index in [0.29, 0.717) is 11.8 Å². The van der Waals surface area contributed by atoms with Crippen LogP contribution in [-0.4, -0.2) is 12.1 Å². The van der Waals surface area contributed by atoms with Gasteiger partial charge in [0.05, 0.1) is 7.11 Å². The molecule has 112 valence electrons. The predicted octanol–water partition coefficient (Wildman–Crippen LogP) is 4.06. The first kappa shape index (κ1) is 15.5. The molecule has 3 heteroatoms. The molecule has 2 aromatic rings. The van der Waals surface area contributed by atoms with Crippen LogP contribution in [0.3, 0.4) is 0 Å². The van der Waals surface area contributed by atoms with Gasteiger partial charge < -0.3 is 10.1 Å². The SMILES string of the molecule is COc1ncccc1CNC(C)c1ccc(C(C)C)cc1. The minimum absolute atomic E-state index is 0.288. The molecule has 0 saturated carbocycles. The lowest BCUT2D eigenvalue weighted by atomic mass is 9.99. The summed E-state index contributed by atoms with van der Waals surface area (Å²) < 4.78 is 5.27. The maximum atomic E-state index is 5.27. The molecule has 0 saturated heterocycles. The van der Waals surface area contributed by atoms with Crippen LogP contribution in [0, 0.1) is 0 Å². The number of benzene rings is 1. The zero-order valence-electron chi connectivity index (χ0n) is 13.3. The Hall–Kier alpha value is -1.87. The Labute approximate surface area is 127 Å². The largest absolute Gasteiger partial charge is 0.481 e. The smallest absolute Gasteiger partial charge is 0.217 e. The summed E-state index contributed by atoms with van der Waals surface area (Å²) >= 11 is 0. The molecule has 1 aromatic carbocycles. The van der Waals surface area contributed by atoms with Crippen LogP contribution in [0.1, 0.15) is 49.4 Å². The third-order valence-corrected chi connectivity index (χ3v) is 3.75. The highest BCUT2D eigenvalue weighted by molar-refractivity contribution is 5.28. The maximum absolute atomic E-state index is 5.27. The minimum Gasteiger partial charge on any atom is -0.481 e. The molecule has 2 rings (SSSR count). The predicted molar refractivity (Wildman–Crippen MR) is 86.6 cm³/mol. The summed E-state index contributed by atoms with van der Waals surface area (Å²) in [6.07, 6.45) is 1.75. The first-order valence-electron chi connectivity index (χ1n) is 7.43. The van der Waals surface area contributed by atoms with Crippen molar-refractivity contribution in [3.8, 4) is 5.88 Å². The average Bonchev–Trinajstić information content (AvgIpc) is 2.52. The Kier molecular flexibility index (Phi) is 5.34. The fourth-order valence-corrected chi connectivity index (χ4v) is 2.29. The fourth-order valence-electron chi connectivity index (χ4n) is 2.29. The first-order chi connectivity index (χ1) is 10.1. The number of ether oxygens (including phenoxy) is 1. The van der Waals surface area contributed by atoms with Crippen molar-refractivity contribution < 1.29 is 4.74 Å². The van der Waals surface area contributed by atoms with Crippen LogP contribution in [0.15, 0.2) is 42.6 Å². The molecular formula is C18H24N2O. The molecule has 21 heavy (non-hydrogen) atoms. The van der Waals surface area contributed by atoms with Crippen molar-refractivity contribution in [2.75, 3.05) is 7.11 Å². The molecule has 0 aliphatic rings. The van der Waals surface area contributed by atoms with Gasteiger partial charge in [0.2, 0.25) is 5.88 Å². The van der Waals surface area contributed by atoms with Crippen molar-refractivity contribution in [2.24, 2.45) is 0 Å². The highest BCUT2D eigenvalue weighted by atomic mass is 16.5. The van der Waals surface area contributed by atoms with Crippen LogP contribution in [0.25, 0.3) is 0 Å². The monoisotopic (exact) mass is 284 g/mol. The van der Waals surface area contributed by atoms with Gasteiger partial charge in [-0.1, -0.05) is 44.2 Å². The summed E-state index contributed by atoms with van der Waals surface area (Å²) in [7, 11) is 1.65. The lowest BCUT2D eigenvalue weighted by molar-refractivity contribution is 0.389. The summed E-state index contributed by atoms with van der Waals surface area (Å²) in [5.41, 5.74) is 3.74. The summed E-state index contributed by atoms with van der Waals surface area (Å²) in [5, 5.41) is 3.52. The molecule has 1 N–H and O–H groups in total. The molecule has 3 nitrogen and oxygen atoms in total. The van der Waals surface area contributed by atoms with E-state index in [4.69, 9.17) is 4.74 Å². The molecule has 1 heterocycles. The van der Waals surface area contributed by atoms with Crippen LogP contribution in [0.4, 0.5) is 0 Å². The molecule has 0 aliphatic heterocycles. The highest BCUT2D eigenvalue weighted by Gasteiger charge is 2.08. The van der Waals surface area contributed by atoms with E-state index in [2.05, 4.69) is 55.3 Å². The normalized spacial score (nSPS) is 12.4. The molecule has 0 amide bonds. The molecule has 0 spiro atoms. The Morgan fingerprint density at radius 3 is 2.33 bits per heavy atom.